The van der Waals surface area contributed by atoms with Crippen molar-refractivity contribution in [3.05, 3.63) is 12.7 Å². The molecule has 0 unspecified atom stereocenters. The van der Waals surface area contributed by atoms with Gasteiger partial charge in [-0.05, 0) is 82.4 Å². The van der Waals surface area contributed by atoms with Gasteiger partial charge in [-0.3, -0.25) is 14.9 Å². The molecule has 1 aliphatic heterocycles. The smallest absolute Gasteiger partial charge is 0.412 e. The molecular weight excluding hydrogens is 617 g/mol. The van der Waals surface area contributed by atoms with Crippen LogP contribution in [0.3, 0.4) is 0 Å². The van der Waals surface area contributed by atoms with Gasteiger partial charge in [0.2, 0.25) is 0 Å². The number of ether oxygens (including phenoxy) is 6. The van der Waals surface area contributed by atoms with Crippen LogP contribution in [-0.4, -0.2) is 69.5 Å². The molecule has 18 heteroatoms. The number of unbranched alkanes of at least 4 members (excludes halogenated alkanes) is 1. The molecule has 2 N–H and O–H groups in total. The largest absolute Gasteiger partial charge is 0.456 e. The number of amides is 2. The highest BCUT2D eigenvalue weighted by molar-refractivity contribution is 6.67. The molecule has 1 rings (SSSR count). The standard InChI is InChI=1S/C18H22Cl6N2O10/c1-4-5-6-7-31-14-10(25-15(29)35-17(19,20)21)11(32-8(2)27)12(33-9(3)28)13(34-14)26-16(30)36-18(22,23)24/h4,10-14H,1,5-7H2,2-3H3,(H,25,29)(H,26,30)/t10-,11-,12+,13+,14-/m1/s1. The number of alkyl halides is 6. The Balaban J connectivity index is 3.37. The first kappa shape index (κ1) is 32.9. The van der Waals surface area contributed by atoms with Crippen LogP contribution in [0.2, 0.25) is 0 Å². The molecule has 2 amide bonds. The van der Waals surface area contributed by atoms with Gasteiger partial charge >= 0.3 is 32.1 Å². The summed E-state index contributed by atoms with van der Waals surface area (Å²) in [5, 5.41) is 4.45. The minimum Gasteiger partial charge on any atom is -0.456 e. The van der Waals surface area contributed by atoms with Gasteiger partial charge in [-0.15, -0.1) is 6.58 Å². The van der Waals surface area contributed by atoms with Crippen molar-refractivity contribution in [1.29, 1.82) is 0 Å². The molecule has 5 atom stereocenters. The van der Waals surface area contributed by atoms with E-state index in [0.29, 0.717) is 12.8 Å². The van der Waals surface area contributed by atoms with E-state index in [9.17, 15) is 19.2 Å². The average molecular weight is 639 g/mol. The van der Waals surface area contributed by atoms with Gasteiger partial charge in [0.15, 0.2) is 24.7 Å². The average Bonchev–Trinajstić information content (AvgIpc) is 2.66. The Bertz CT molecular complexity index is 806. The number of halogens is 6. The molecule has 0 aromatic heterocycles. The van der Waals surface area contributed by atoms with Crippen LogP contribution in [0.4, 0.5) is 9.59 Å². The highest BCUT2D eigenvalue weighted by Crippen LogP contribution is 2.31. The first-order valence-electron chi connectivity index (χ1n) is 9.87. The maximum absolute atomic E-state index is 12.3. The van der Waals surface area contributed by atoms with Crippen LogP contribution in [0.1, 0.15) is 26.7 Å². The van der Waals surface area contributed by atoms with Crippen molar-refractivity contribution in [2.75, 3.05) is 6.61 Å². The summed E-state index contributed by atoms with van der Waals surface area (Å²) < 4.78 is 26.1. The van der Waals surface area contributed by atoms with E-state index >= 15 is 0 Å². The van der Waals surface area contributed by atoms with Crippen molar-refractivity contribution in [1.82, 2.24) is 10.6 Å². The maximum atomic E-state index is 12.3. The SMILES string of the molecule is C=CCCCO[C@@H]1O[C@H](NC(=O)OC(Cl)(Cl)Cl)[C@@H](OC(C)=O)[C@H](OC(C)=O)[C@H]1NC(=O)OC(Cl)(Cl)Cl. The number of esters is 2. The van der Waals surface area contributed by atoms with Crippen molar-refractivity contribution in [2.24, 2.45) is 0 Å². The van der Waals surface area contributed by atoms with Gasteiger partial charge < -0.3 is 33.7 Å². The van der Waals surface area contributed by atoms with E-state index in [1.165, 1.54) is 0 Å². The first-order chi connectivity index (χ1) is 16.5. The Morgan fingerprint density at radius 3 is 1.86 bits per heavy atom. The number of alkyl carbamates (subject to hydrolysis) is 2. The van der Waals surface area contributed by atoms with Crippen LogP contribution < -0.4 is 10.6 Å². The fraction of sp³-hybridized carbons (Fsp3) is 0.667. The maximum Gasteiger partial charge on any atom is 0.412 e. The van der Waals surface area contributed by atoms with E-state index < -0.39 is 62.8 Å². The lowest BCUT2D eigenvalue weighted by Gasteiger charge is -2.44. The molecule has 0 radical (unpaired) electrons. The van der Waals surface area contributed by atoms with Gasteiger partial charge in [0.25, 0.3) is 0 Å². The van der Waals surface area contributed by atoms with Crippen LogP contribution in [0.5, 0.6) is 0 Å². The number of hydrogen-bond acceptors (Lipinski definition) is 10. The van der Waals surface area contributed by atoms with Crippen LogP contribution >= 0.6 is 69.6 Å². The van der Waals surface area contributed by atoms with E-state index in [-0.39, 0.29) is 6.61 Å². The lowest BCUT2D eigenvalue weighted by Crippen LogP contribution is -2.69. The number of carbonyl (C=O) groups is 4. The summed E-state index contributed by atoms with van der Waals surface area (Å²) in [6.07, 6.45) is -6.11. The number of carbonyl (C=O) groups excluding carboxylic acids is 4. The van der Waals surface area contributed by atoms with Crippen molar-refractivity contribution < 1.29 is 47.6 Å². The zero-order chi connectivity index (χ0) is 27.7. The predicted molar refractivity (Wildman–Crippen MR) is 129 cm³/mol. The molecule has 0 aliphatic carbocycles. The van der Waals surface area contributed by atoms with Gasteiger partial charge in [0.1, 0.15) is 6.04 Å². The summed E-state index contributed by atoms with van der Waals surface area (Å²) >= 11 is 32.8. The summed E-state index contributed by atoms with van der Waals surface area (Å²) in [5.74, 6) is -1.75. The fourth-order valence-corrected chi connectivity index (χ4v) is 3.27. The molecule has 36 heavy (non-hydrogen) atoms. The Morgan fingerprint density at radius 2 is 1.39 bits per heavy atom. The summed E-state index contributed by atoms with van der Waals surface area (Å²) in [6.45, 7) is 5.70. The second-order valence-corrected chi connectivity index (χ2v) is 11.2. The number of rotatable bonds is 9. The highest BCUT2D eigenvalue weighted by atomic mass is 35.6. The number of nitrogens with one attached hydrogen (secondary N) is 2. The van der Waals surface area contributed by atoms with Crippen molar-refractivity contribution in [2.45, 2.75) is 65.4 Å². The lowest BCUT2D eigenvalue weighted by molar-refractivity contribution is -0.275. The second-order valence-electron chi connectivity index (χ2n) is 6.86. The van der Waals surface area contributed by atoms with Crippen molar-refractivity contribution in [3.8, 4) is 0 Å². The van der Waals surface area contributed by atoms with E-state index in [1.807, 2.05) is 0 Å². The molecule has 0 aromatic rings. The molecular formula is C18H22Cl6N2O10. The van der Waals surface area contributed by atoms with Crippen molar-refractivity contribution in [3.63, 3.8) is 0 Å². The predicted octanol–water partition coefficient (Wildman–Crippen LogP) is 3.99. The quantitative estimate of drug-likeness (QED) is 0.125. The first-order valence-corrected chi connectivity index (χ1v) is 12.1. The summed E-state index contributed by atoms with van der Waals surface area (Å²) in [7, 11) is 0. The zero-order valence-electron chi connectivity index (χ0n) is 18.6. The Kier molecular flexibility index (Phi) is 13.5. The Morgan fingerprint density at radius 1 is 0.889 bits per heavy atom. The molecule has 1 fully saturated rings. The van der Waals surface area contributed by atoms with Gasteiger partial charge in [-0.1, -0.05) is 6.08 Å². The third-order valence-electron chi connectivity index (χ3n) is 3.95. The van der Waals surface area contributed by atoms with E-state index in [1.54, 1.807) is 6.08 Å². The molecule has 0 spiro atoms. The lowest BCUT2D eigenvalue weighted by atomic mass is 9.99. The van der Waals surface area contributed by atoms with E-state index in [4.69, 9.17) is 88.6 Å². The van der Waals surface area contributed by atoms with Gasteiger partial charge in [-0.25, -0.2) is 9.59 Å². The second kappa shape index (κ2) is 14.7. The van der Waals surface area contributed by atoms with Gasteiger partial charge in [0, 0.05) is 13.8 Å². The third-order valence-corrected chi connectivity index (χ3v) is 4.41. The van der Waals surface area contributed by atoms with E-state index in [2.05, 4.69) is 26.7 Å². The van der Waals surface area contributed by atoms with E-state index in [0.717, 1.165) is 13.8 Å². The molecule has 206 valence electrons. The van der Waals surface area contributed by atoms with Crippen LogP contribution in [0, 0.1) is 0 Å². The molecule has 0 bridgehead atoms. The molecule has 1 saturated heterocycles. The fourth-order valence-electron chi connectivity index (χ4n) is 2.85. The summed E-state index contributed by atoms with van der Waals surface area (Å²) in [4.78, 5) is 48.3. The molecule has 0 saturated carbocycles. The normalized spacial score (nSPS) is 24.2. The summed E-state index contributed by atoms with van der Waals surface area (Å²) in [5.41, 5.74) is 0. The monoisotopic (exact) mass is 636 g/mol. The highest BCUT2D eigenvalue weighted by Gasteiger charge is 2.52. The zero-order valence-corrected chi connectivity index (χ0v) is 23.2. The topological polar surface area (TPSA) is 148 Å². The summed E-state index contributed by atoms with van der Waals surface area (Å²) in [6, 6.07) is -1.41. The minimum atomic E-state index is -2.45. The van der Waals surface area contributed by atoms with Gasteiger partial charge in [0.05, 0.1) is 6.61 Å². The Labute approximate surface area is 235 Å². The third kappa shape index (κ3) is 12.9. The van der Waals surface area contributed by atoms with Crippen LogP contribution in [0.25, 0.3) is 0 Å². The van der Waals surface area contributed by atoms with Crippen LogP contribution in [-0.2, 0) is 38.0 Å². The van der Waals surface area contributed by atoms with Gasteiger partial charge in [-0.2, -0.15) is 0 Å². The number of allylic oxidation sites excluding steroid dienone is 1. The van der Waals surface area contributed by atoms with Crippen LogP contribution in [0.15, 0.2) is 12.7 Å². The Hall–Kier alpha value is -1.12. The molecule has 1 aliphatic rings. The number of hydrogen-bond donors (Lipinski definition) is 2. The molecule has 0 aromatic carbocycles. The minimum absolute atomic E-state index is 0.0463. The van der Waals surface area contributed by atoms with Crippen molar-refractivity contribution >= 4 is 93.7 Å². The molecule has 12 nitrogen and oxygen atoms in total. The molecule has 1 heterocycles.